The molecule has 3 rings (SSSR count). The molecule has 1 aromatic carbocycles. The van der Waals surface area contributed by atoms with Crippen LogP contribution in [0, 0.1) is 6.92 Å². The molecule has 23 heavy (non-hydrogen) atoms. The number of hydrogen-bond acceptors (Lipinski definition) is 3. The van der Waals surface area contributed by atoms with E-state index in [-0.39, 0.29) is 29.9 Å². The van der Waals surface area contributed by atoms with Crippen LogP contribution in [0.5, 0.6) is 0 Å². The topological polar surface area (TPSA) is 70.1 Å². The molecular formula is C16H21ClN4O2. The van der Waals surface area contributed by atoms with Crippen LogP contribution in [0.1, 0.15) is 23.0 Å². The number of aromatic amines is 1. The number of nitrogens with zero attached hydrogens (tertiary/aromatic N) is 2. The van der Waals surface area contributed by atoms with Crippen LogP contribution < -0.4 is 10.9 Å². The Kier molecular flexibility index (Phi) is 5.28. The molecule has 1 aliphatic rings. The second-order valence-electron chi connectivity index (χ2n) is 5.73. The van der Waals surface area contributed by atoms with Crippen LogP contribution in [0.3, 0.4) is 0 Å². The number of rotatable bonds is 2. The van der Waals surface area contributed by atoms with Crippen molar-refractivity contribution in [1.29, 1.82) is 0 Å². The minimum absolute atomic E-state index is 0. The van der Waals surface area contributed by atoms with E-state index in [0.717, 1.165) is 24.3 Å². The Balaban J connectivity index is 0.00000192. The summed E-state index contributed by atoms with van der Waals surface area (Å²) in [5, 5.41) is 6.17. The first kappa shape index (κ1) is 17.3. The van der Waals surface area contributed by atoms with Gasteiger partial charge in [-0.05, 0) is 26.0 Å². The van der Waals surface area contributed by atoms with E-state index in [2.05, 4.69) is 10.4 Å². The summed E-state index contributed by atoms with van der Waals surface area (Å²) in [7, 11) is 0. The van der Waals surface area contributed by atoms with Gasteiger partial charge in [-0.15, -0.1) is 12.4 Å². The van der Waals surface area contributed by atoms with Gasteiger partial charge in [-0.25, -0.2) is 4.68 Å². The quantitative estimate of drug-likeness (QED) is 0.869. The maximum Gasteiger partial charge on any atom is 0.272 e. The molecule has 1 atom stereocenters. The highest BCUT2D eigenvalue weighted by atomic mass is 35.5. The van der Waals surface area contributed by atoms with Gasteiger partial charge in [-0.1, -0.05) is 17.7 Å². The van der Waals surface area contributed by atoms with E-state index >= 15 is 0 Å². The monoisotopic (exact) mass is 336 g/mol. The molecular weight excluding hydrogens is 316 g/mol. The predicted octanol–water partition coefficient (Wildman–Crippen LogP) is 1.33. The molecule has 0 bridgehead atoms. The van der Waals surface area contributed by atoms with Gasteiger partial charge in [0.1, 0.15) is 5.69 Å². The second-order valence-corrected chi connectivity index (χ2v) is 5.73. The molecule has 1 fully saturated rings. The first-order valence-corrected chi connectivity index (χ1v) is 7.47. The third-order valence-corrected chi connectivity index (χ3v) is 4.01. The van der Waals surface area contributed by atoms with Gasteiger partial charge in [0.2, 0.25) is 0 Å². The van der Waals surface area contributed by atoms with E-state index in [9.17, 15) is 9.59 Å². The number of amides is 1. The highest BCUT2D eigenvalue weighted by Gasteiger charge is 2.25. The zero-order chi connectivity index (χ0) is 15.7. The minimum Gasteiger partial charge on any atom is -0.332 e. The Morgan fingerprint density at radius 2 is 1.96 bits per heavy atom. The van der Waals surface area contributed by atoms with Crippen molar-refractivity contribution in [2.45, 2.75) is 19.9 Å². The smallest absolute Gasteiger partial charge is 0.272 e. The highest BCUT2D eigenvalue weighted by molar-refractivity contribution is 5.92. The Labute approximate surface area is 140 Å². The summed E-state index contributed by atoms with van der Waals surface area (Å²) in [5.41, 5.74) is 1.95. The molecule has 2 heterocycles. The SMILES string of the molecule is Cc1ccc(-n2[nH]c(C(=O)N3CCNC[C@@H]3C)cc2=O)cc1.Cl. The molecule has 2 N–H and O–H groups in total. The number of hydrogen-bond donors (Lipinski definition) is 2. The van der Waals surface area contributed by atoms with E-state index in [1.807, 2.05) is 38.1 Å². The zero-order valence-corrected chi connectivity index (χ0v) is 14.0. The standard InChI is InChI=1S/C16H20N4O2.ClH/c1-11-3-5-13(6-4-11)20-15(21)9-14(18-20)16(22)19-8-7-17-10-12(19)2;/h3-6,9,12,17-18H,7-8,10H2,1-2H3;1H/t12-;/m0./s1. The van der Waals surface area contributed by atoms with E-state index in [0.29, 0.717) is 12.2 Å². The molecule has 6 nitrogen and oxygen atoms in total. The molecule has 1 aliphatic heterocycles. The summed E-state index contributed by atoms with van der Waals surface area (Å²) in [6.07, 6.45) is 0. The van der Waals surface area contributed by atoms with Crippen molar-refractivity contribution in [2.24, 2.45) is 0 Å². The van der Waals surface area contributed by atoms with Crippen LogP contribution in [-0.2, 0) is 0 Å². The van der Waals surface area contributed by atoms with Crippen LogP contribution >= 0.6 is 12.4 Å². The molecule has 7 heteroatoms. The fraction of sp³-hybridized carbons (Fsp3) is 0.375. The lowest BCUT2D eigenvalue weighted by Gasteiger charge is -2.33. The molecule has 1 amide bonds. The Morgan fingerprint density at radius 1 is 1.26 bits per heavy atom. The van der Waals surface area contributed by atoms with Gasteiger partial charge in [0, 0.05) is 31.7 Å². The number of aryl methyl sites for hydroxylation is 1. The predicted molar refractivity (Wildman–Crippen MR) is 91.7 cm³/mol. The molecule has 0 aliphatic carbocycles. The van der Waals surface area contributed by atoms with Crippen molar-refractivity contribution >= 4 is 18.3 Å². The van der Waals surface area contributed by atoms with Gasteiger partial charge in [0.05, 0.1) is 5.69 Å². The van der Waals surface area contributed by atoms with Gasteiger partial charge in [-0.3, -0.25) is 14.7 Å². The van der Waals surface area contributed by atoms with Crippen molar-refractivity contribution in [1.82, 2.24) is 20.0 Å². The normalized spacial score (nSPS) is 17.7. The average Bonchev–Trinajstić information content (AvgIpc) is 2.90. The maximum atomic E-state index is 12.6. The Hall–Kier alpha value is -2.05. The van der Waals surface area contributed by atoms with Crippen molar-refractivity contribution in [3.63, 3.8) is 0 Å². The lowest BCUT2D eigenvalue weighted by Crippen LogP contribution is -2.52. The lowest BCUT2D eigenvalue weighted by molar-refractivity contribution is 0.0649. The molecule has 0 radical (unpaired) electrons. The maximum absolute atomic E-state index is 12.6. The number of benzene rings is 1. The summed E-state index contributed by atoms with van der Waals surface area (Å²) in [6.45, 7) is 6.19. The third-order valence-electron chi connectivity index (χ3n) is 4.01. The zero-order valence-electron chi connectivity index (χ0n) is 13.2. The largest absolute Gasteiger partial charge is 0.332 e. The van der Waals surface area contributed by atoms with Crippen LogP contribution in [0.4, 0.5) is 0 Å². The molecule has 124 valence electrons. The molecule has 0 unspecified atom stereocenters. The molecule has 0 saturated carbocycles. The number of carbonyl (C=O) groups excluding carboxylic acids is 1. The molecule has 2 aromatic rings. The van der Waals surface area contributed by atoms with Crippen LogP contribution in [0.15, 0.2) is 35.1 Å². The highest BCUT2D eigenvalue weighted by Crippen LogP contribution is 2.10. The van der Waals surface area contributed by atoms with E-state index < -0.39 is 0 Å². The van der Waals surface area contributed by atoms with E-state index in [4.69, 9.17) is 0 Å². The summed E-state index contributed by atoms with van der Waals surface area (Å²) < 4.78 is 1.40. The van der Waals surface area contributed by atoms with Crippen molar-refractivity contribution in [3.8, 4) is 5.69 Å². The summed E-state index contributed by atoms with van der Waals surface area (Å²) in [4.78, 5) is 26.5. The molecule has 1 saturated heterocycles. The Morgan fingerprint density at radius 3 is 2.61 bits per heavy atom. The van der Waals surface area contributed by atoms with E-state index in [1.165, 1.54) is 10.7 Å². The van der Waals surface area contributed by atoms with Gasteiger partial charge in [0.15, 0.2) is 0 Å². The number of H-pyrrole nitrogens is 1. The summed E-state index contributed by atoms with van der Waals surface area (Å²) in [6, 6.07) is 9.07. The number of halogens is 1. The second kappa shape index (κ2) is 7.02. The lowest BCUT2D eigenvalue weighted by atomic mass is 10.2. The number of carbonyl (C=O) groups is 1. The van der Waals surface area contributed by atoms with Crippen LogP contribution in [0.25, 0.3) is 5.69 Å². The minimum atomic E-state index is -0.227. The molecule has 0 spiro atoms. The van der Waals surface area contributed by atoms with Crippen molar-refractivity contribution < 1.29 is 4.79 Å². The number of piperazine rings is 1. The van der Waals surface area contributed by atoms with Gasteiger partial charge < -0.3 is 10.2 Å². The summed E-state index contributed by atoms with van der Waals surface area (Å²) >= 11 is 0. The van der Waals surface area contributed by atoms with E-state index in [1.54, 1.807) is 4.90 Å². The Bertz CT molecular complexity index is 735. The third kappa shape index (κ3) is 3.48. The van der Waals surface area contributed by atoms with Crippen LogP contribution in [-0.4, -0.2) is 46.3 Å². The number of aromatic nitrogens is 2. The fourth-order valence-electron chi connectivity index (χ4n) is 2.69. The molecule has 1 aromatic heterocycles. The average molecular weight is 337 g/mol. The van der Waals surface area contributed by atoms with Gasteiger partial charge >= 0.3 is 0 Å². The summed E-state index contributed by atoms with van der Waals surface area (Å²) in [5.74, 6) is -0.128. The van der Waals surface area contributed by atoms with Gasteiger partial charge in [-0.2, -0.15) is 0 Å². The first-order valence-electron chi connectivity index (χ1n) is 7.47. The van der Waals surface area contributed by atoms with Gasteiger partial charge in [0.25, 0.3) is 11.5 Å². The fourth-order valence-corrected chi connectivity index (χ4v) is 2.69. The van der Waals surface area contributed by atoms with Crippen LogP contribution in [0.2, 0.25) is 0 Å². The van der Waals surface area contributed by atoms with Crippen molar-refractivity contribution in [3.05, 3.63) is 51.9 Å². The number of nitrogens with one attached hydrogen (secondary N) is 2. The first-order chi connectivity index (χ1) is 10.6. The van der Waals surface area contributed by atoms with Crippen molar-refractivity contribution in [2.75, 3.05) is 19.6 Å².